The van der Waals surface area contributed by atoms with Crippen LogP contribution < -0.4 is 10.5 Å². The number of halogens is 1. The van der Waals surface area contributed by atoms with Gasteiger partial charge in [-0.1, -0.05) is 0 Å². The van der Waals surface area contributed by atoms with Crippen LogP contribution in [0, 0.1) is 6.92 Å². The minimum atomic E-state index is -3.70. The molecule has 0 aliphatic carbocycles. The first-order chi connectivity index (χ1) is 9.33. The number of nitrogens with one attached hydrogen (secondary N) is 1. The molecular formula is C11H14BrN3O3S2. The van der Waals surface area contributed by atoms with E-state index in [1.807, 2.05) is 6.92 Å². The van der Waals surface area contributed by atoms with Crippen LogP contribution in [0.15, 0.2) is 26.2 Å². The number of aryl methyl sites for hydroxylation is 1. The highest BCUT2D eigenvalue weighted by atomic mass is 79.9. The standard InChI is InChI=1S/C11H14BrN3O3S2/c1-6-5-14-11(19-6)7(2)15-20(16,17)9-3-8(4-13)18-10(9)12/h3,5,7,15H,4,13H2,1-2H3. The van der Waals surface area contributed by atoms with Gasteiger partial charge in [0.25, 0.3) is 0 Å². The van der Waals surface area contributed by atoms with E-state index in [2.05, 4.69) is 25.6 Å². The number of rotatable bonds is 5. The van der Waals surface area contributed by atoms with Crippen LogP contribution in [0.5, 0.6) is 0 Å². The molecule has 2 rings (SSSR count). The van der Waals surface area contributed by atoms with Crippen LogP contribution in [0.1, 0.15) is 28.6 Å². The quantitative estimate of drug-likeness (QED) is 0.830. The summed E-state index contributed by atoms with van der Waals surface area (Å²) in [6.45, 7) is 3.80. The van der Waals surface area contributed by atoms with Crippen LogP contribution >= 0.6 is 27.3 Å². The first-order valence-corrected chi connectivity index (χ1v) is 8.85. The van der Waals surface area contributed by atoms with Crippen molar-refractivity contribution in [2.75, 3.05) is 0 Å². The third-order valence-corrected chi connectivity index (χ3v) is 6.03. The highest BCUT2D eigenvalue weighted by Gasteiger charge is 2.25. The molecular weight excluding hydrogens is 366 g/mol. The van der Waals surface area contributed by atoms with Gasteiger partial charge in [0.2, 0.25) is 10.0 Å². The van der Waals surface area contributed by atoms with Crippen molar-refractivity contribution in [3.8, 4) is 0 Å². The molecule has 0 bridgehead atoms. The highest BCUT2D eigenvalue weighted by molar-refractivity contribution is 9.10. The third-order valence-electron chi connectivity index (χ3n) is 2.54. The Bertz CT molecular complexity index is 708. The Labute approximate surface area is 129 Å². The van der Waals surface area contributed by atoms with E-state index in [1.54, 1.807) is 13.1 Å². The lowest BCUT2D eigenvalue weighted by Gasteiger charge is -2.10. The molecule has 2 aromatic heterocycles. The van der Waals surface area contributed by atoms with Gasteiger partial charge < -0.3 is 10.2 Å². The summed E-state index contributed by atoms with van der Waals surface area (Å²) in [5.41, 5.74) is 5.43. The minimum Gasteiger partial charge on any atom is -0.452 e. The SMILES string of the molecule is Cc1cnc(C(C)NS(=O)(=O)c2cc(CN)oc2Br)s1. The van der Waals surface area contributed by atoms with Crippen molar-refractivity contribution in [1.29, 1.82) is 0 Å². The van der Waals surface area contributed by atoms with E-state index in [0.717, 1.165) is 4.88 Å². The smallest absolute Gasteiger partial charge is 0.245 e. The van der Waals surface area contributed by atoms with E-state index < -0.39 is 16.1 Å². The van der Waals surface area contributed by atoms with Crippen molar-refractivity contribution in [2.45, 2.75) is 31.3 Å². The monoisotopic (exact) mass is 379 g/mol. The molecule has 1 unspecified atom stereocenters. The molecule has 9 heteroatoms. The second-order valence-corrected chi connectivity index (χ2v) is 7.88. The fourth-order valence-corrected chi connectivity index (χ4v) is 4.66. The number of furan rings is 1. The lowest BCUT2D eigenvalue weighted by atomic mass is 10.4. The zero-order chi connectivity index (χ0) is 14.9. The maximum Gasteiger partial charge on any atom is 0.245 e. The van der Waals surface area contributed by atoms with Gasteiger partial charge in [-0.25, -0.2) is 18.1 Å². The average molecular weight is 380 g/mol. The van der Waals surface area contributed by atoms with E-state index in [1.165, 1.54) is 17.4 Å². The molecule has 0 aliphatic heterocycles. The van der Waals surface area contributed by atoms with E-state index in [0.29, 0.717) is 10.8 Å². The van der Waals surface area contributed by atoms with Gasteiger partial charge in [-0.3, -0.25) is 0 Å². The van der Waals surface area contributed by atoms with Gasteiger partial charge in [0.05, 0.1) is 12.6 Å². The minimum absolute atomic E-state index is 0.0399. The Morgan fingerprint density at radius 3 is 2.80 bits per heavy atom. The fraction of sp³-hybridized carbons (Fsp3) is 0.364. The van der Waals surface area contributed by atoms with Crippen LogP contribution in [-0.2, 0) is 16.6 Å². The zero-order valence-electron chi connectivity index (χ0n) is 10.9. The Morgan fingerprint density at radius 2 is 2.30 bits per heavy atom. The fourth-order valence-electron chi connectivity index (χ4n) is 1.60. The maximum absolute atomic E-state index is 12.3. The van der Waals surface area contributed by atoms with E-state index in [-0.39, 0.29) is 16.1 Å². The van der Waals surface area contributed by atoms with Gasteiger partial charge in [-0.15, -0.1) is 11.3 Å². The van der Waals surface area contributed by atoms with Crippen molar-refractivity contribution in [2.24, 2.45) is 5.73 Å². The summed E-state index contributed by atoms with van der Waals surface area (Å²) in [5.74, 6) is 0.398. The summed E-state index contributed by atoms with van der Waals surface area (Å²) < 4.78 is 32.5. The van der Waals surface area contributed by atoms with E-state index in [4.69, 9.17) is 10.2 Å². The van der Waals surface area contributed by atoms with Crippen LogP contribution in [0.2, 0.25) is 0 Å². The van der Waals surface area contributed by atoms with Gasteiger partial charge in [0, 0.05) is 17.1 Å². The van der Waals surface area contributed by atoms with Crippen LogP contribution in [0.25, 0.3) is 0 Å². The van der Waals surface area contributed by atoms with Gasteiger partial charge in [0.15, 0.2) is 4.67 Å². The molecule has 0 aromatic carbocycles. The van der Waals surface area contributed by atoms with Crippen molar-refractivity contribution < 1.29 is 12.8 Å². The summed E-state index contributed by atoms with van der Waals surface area (Å²) in [5, 5.41) is 0.713. The van der Waals surface area contributed by atoms with Gasteiger partial charge in [-0.2, -0.15) is 0 Å². The number of thiazole rings is 1. The Kier molecular flexibility index (Phi) is 4.65. The first kappa shape index (κ1) is 15.6. The Hall–Kier alpha value is -0.740. The van der Waals surface area contributed by atoms with Gasteiger partial charge in [0.1, 0.15) is 15.7 Å². The topological polar surface area (TPSA) is 98.2 Å². The van der Waals surface area contributed by atoms with E-state index in [9.17, 15) is 8.42 Å². The van der Waals surface area contributed by atoms with Crippen molar-refractivity contribution in [1.82, 2.24) is 9.71 Å². The molecule has 0 spiro atoms. The average Bonchev–Trinajstić information content (AvgIpc) is 2.95. The molecule has 2 aromatic rings. The second-order valence-electron chi connectivity index (χ2n) is 4.21. The summed E-state index contributed by atoms with van der Waals surface area (Å²) in [7, 11) is -3.70. The molecule has 2 heterocycles. The van der Waals surface area contributed by atoms with Crippen LogP contribution in [0.3, 0.4) is 0 Å². The van der Waals surface area contributed by atoms with Crippen molar-refractivity contribution in [3.63, 3.8) is 0 Å². The normalized spacial score (nSPS) is 13.6. The van der Waals surface area contributed by atoms with Crippen molar-refractivity contribution >= 4 is 37.3 Å². The van der Waals surface area contributed by atoms with E-state index >= 15 is 0 Å². The molecule has 20 heavy (non-hydrogen) atoms. The molecule has 0 saturated heterocycles. The summed E-state index contributed by atoms with van der Waals surface area (Å²) in [6, 6.07) is 0.994. The molecule has 0 fully saturated rings. The largest absolute Gasteiger partial charge is 0.452 e. The molecule has 0 aliphatic rings. The van der Waals surface area contributed by atoms with Crippen molar-refractivity contribution in [3.05, 3.63) is 32.6 Å². The predicted octanol–water partition coefficient (Wildman–Crippen LogP) is 2.31. The molecule has 0 amide bonds. The van der Waals surface area contributed by atoms with Crippen LogP contribution in [0.4, 0.5) is 0 Å². The number of nitrogens with zero attached hydrogens (tertiary/aromatic N) is 1. The maximum atomic E-state index is 12.3. The Morgan fingerprint density at radius 1 is 1.60 bits per heavy atom. The van der Waals surface area contributed by atoms with Gasteiger partial charge >= 0.3 is 0 Å². The number of aromatic nitrogens is 1. The molecule has 6 nitrogen and oxygen atoms in total. The Balaban J connectivity index is 2.24. The lowest BCUT2D eigenvalue weighted by Crippen LogP contribution is -2.26. The number of nitrogens with two attached hydrogens (primary N) is 1. The number of hydrogen-bond acceptors (Lipinski definition) is 6. The summed E-state index contributed by atoms with van der Waals surface area (Å²) >= 11 is 4.54. The summed E-state index contributed by atoms with van der Waals surface area (Å²) in [6.07, 6.45) is 1.71. The number of hydrogen-bond donors (Lipinski definition) is 2. The number of sulfonamides is 1. The van der Waals surface area contributed by atoms with Crippen LogP contribution in [-0.4, -0.2) is 13.4 Å². The molecule has 110 valence electrons. The molecule has 1 atom stereocenters. The van der Waals surface area contributed by atoms with Gasteiger partial charge in [-0.05, 0) is 29.8 Å². The summed E-state index contributed by atoms with van der Waals surface area (Å²) in [4.78, 5) is 5.24. The second kappa shape index (κ2) is 5.94. The first-order valence-electron chi connectivity index (χ1n) is 5.76. The highest BCUT2D eigenvalue weighted by Crippen LogP contribution is 2.28. The lowest BCUT2D eigenvalue weighted by molar-refractivity contribution is 0.483. The molecule has 0 radical (unpaired) electrons. The molecule has 3 N–H and O–H groups in total. The molecule has 0 saturated carbocycles. The predicted molar refractivity (Wildman–Crippen MR) is 79.9 cm³/mol. The third kappa shape index (κ3) is 3.29. The zero-order valence-corrected chi connectivity index (χ0v) is 14.1.